The van der Waals surface area contributed by atoms with E-state index in [0.717, 1.165) is 28.6 Å². The van der Waals surface area contributed by atoms with E-state index in [1.54, 1.807) is 30.5 Å². The fourth-order valence-corrected chi connectivity index (χ4v) is 3.42. The third-order valence-corrected chi connectivity index (χ3v) is 5.48. The van der Waals surface area contributed by atoms with E-state index in [9.17, 15) is 9.59 Å². The van der Waals surface area contributed by atoms with Crippen LogP contribution in [0.2, 0.25) is 0 Å². The first-order valence-corrected chi connectivity index (χ1v) is 10.0. The van der Waals surface area contributed by atoms with Crippen LogP contribution < -0.4 is 10.1 Å². The zero-order valence-electron chi connectivity index (χ0n) is 16.9. The lowest BCUT2D eigenvalue weighted by Crippen LogP contribution is -2.25. The Balaban J connectivity index is 1.35. The number of ether oxygens (including phenoxy) is 1. The van der Waals surface area contributed by atoms with Crippen LogP contribution in [0.1, 0.15) is 18.5 Å². The van der Waals surface area contributed by atoms with Crippen LogP contribution in [0.25, 0.3) is 16.6 Å². The number of hydrogen-bond acceptors (Lipinski definition) is 5. The first-order chi connectivity index (χ1) is 15.1. The van der Waals surface area contributed by atoms with Crippen molar-refractivity contribution in [2.45, 2.75) is 19.8 Å². The maximum Gasteiger partial charge on any atom is 0.237 e. The summed E-state index contributed by atoms with van der Waals surface area (Å²) in [5, 5.41) is 8.12. The summed E-state index contributed by atoms with van der Waals surface area (Å²) in [6.07, 6.45) is 5.59. The summed E-state index contributed by atoms with van der Waals surface area (Å²) in [6.45, 7) is 1.95. The average Bonchev–Trinajstić information content (AvgIpc) is 3.48. The van der Waals surface area contributed by atoms with Crippen LogP contribution in [-0.4, -0.2) is 27.0 Å². The van der Waals surface area contributed by atoms with E-state index in [2.05, 4.69) is 15.4 Å². The van der Waals surface area contributed by atoms with E-state index >= 15 is 0 Å². The molecule has 0 bridgehead atoms. The first kappa shape index (κ1) is 19.0. The number of nitrogens with zero attached hydrogens (tertiary/aromatic N) is 3. The van der Waals surface area contributed by atoms with Gasteiger partial charge in [0.25, 0.3) is 0 Å². The van der Waals surface area contributed by atoms with Gasteiger partial charge in [0.1, 0.15) is 23.2 Å². The lowest BCUT2D eigenvalue weighted by atomic mass is 10.1. The summed E-state index contributed by atoms with van der Waals surface area (Å²) in [5.74, 6) is 1.07. The van der Waals surface area contributed by atoms with E-state index < -0.39 is 5.41 Å². The predicted molar refractivity (Wildman–Crippen MR) is 116 cm³/mol. The molecule has 1 saturated carbocycles. The Morgan fingerprint density at radius 3 is 2.61 bits per heavy atom. The minimum absolute atomic E-state index is 0.250. The smallest absolute Gasteiger partial charge is 0.237 e. The number of aromatic nitrogens is 3. The number of fused-ring (bicyclic) bond motifs is 1. The van der Waals surface area contributed by atoms with Gasteiger partial charge in [0.15, 0.2) is 0 Å². The van der Waals surface area contributed by atoms with Crippen molar-refractivity contribution in [1.82, 2.24) is 14.8 Å². The molecule has 7 heteroatoms. The Morgan fingerprint density at radius 1 is 1.13 bits per heavy atom. The summed E-state index contributed by atoms with van der Waals surface area (Å²) < 4.78 is 7.88. The number of pyridine rings is 1. The molecule has 1 aliphatic rings. The second-order valence-corrected chi connectivity index (χ2v) is 7.77. The van der Waals surface area contributed by atoms with Crippen molar-refractivity contribution in [3.8, 4) is 17.2 Å². The monoisotopic (exact) mass is 412 g/mol. The van der Waals surface area contributed by atoms with Gasteiger partial charge in [-0.05, 0) is 74.4 Å². The van der Waals surface area contributed by atoms with Gasteiger partial charge in [-0.1, -0.05) is 0 Å². The van der Waals surface area contributed by atoms with E-state index in [1.165, 1.54) is 0 Å². The normalized spacial score (nSPS) is 14.2. The van der Waals surface area contributed by atoms with Crippen LogP contribution in [0, 0.1) is 12.3 Å². The number of aryl methyl sites for hydroxylation is 1. The van der Waals surface area contributed by atoms with Gasteiger partial charge in [0.05, 0.1) is 16.9 Å². The molecule has 0 spiro atoms. The molecule has 31 heavy (non-hydrogen) atoms. The van der Waals surface area contributed by atoms with Crippen LogP contribution in [0.5, 0.6) is 11.5 Å². The second-order valence-electron chi connectivity index (χ2n) is 7.77. The van der Waals surface area contributed by atoms with Crippen molar-refractivity contribution in [2.24, 2.45) is 5.41 Å². The molecule has 4 aromatic rings. The SMILES string of the molecule is Cc1ccn(-c2ccc3c(Oc4ccc(NC(=O)C5(C=O)CC5)cc4)ccnc3c2)n1. The van der Waals surface area contributed by atoms with Crippen LogP contribution in [-0.2, 0) is 9.59 Å². The molecular formula is C24H20N4O3. The topological polar surface area (TPSA) is 86.1 Å². The molecule has 0 radical (unpaired) electrons. The summed E-state index contributed by atoms with van der Waals surface area (Å²) >= 11 is 0. The van der Waals surface area contributed by atoms with Gasteiger partial charge in [-0.3, -0.25) is 9.78 Å². The summed E-state index contributed by atoms with van der Waals surface area (Å²) in [6, 6.07) is 16.8. The number of amides is 1. The number of nitrogens with one attached hydrogen (secondary N) is 1. The van der Waals surface area contributed by atoms with Crippen LogP contribution >= 0.6 is 0 Å². The van der Waals surface area contributed by atoms with Crippen LogP contribution in [0.15, 0.2) is 67.0 Å². The molecule has 154 valence electrons. The molecular weight excluding hydrogens is 392 g/mol. The van der Waals surface area contributed by atoms with Gasteiger partial charge < -0.3 is 14.8 Å². The third kappa shape index (κ3) is 3.66. The first-order valence-electron chi connectivity index (χ1n) is 10.0. The Morgan fingerprint density at radius 2 is 1.94 bits per heavy atom. The number of carbonyl (C=O) groups excluding carboxylic acids is 2. The summed E-state index contributed by atoms with van der Waals surface area (Å²) in [7, 11) is 0. The van der Waals surface area contributed by atoms with Gasteiger partial charge >= 0.3 is 0 Å². The Hall–Kier alpha value is -4.00. The standard InChI is InChI=1S/C24H20N4O3/c1-16-9-13-28(27-16)18-4-7-20-21(14-18)25-12-8-22(20)31-19-5-2-17(3-6-19)26-23(30)24(15-29)10-11-24/h2-9,12-15H,10-11H2,1H3,(H,26,30). The van der Waals surface area contributed by atoms with Crippen molar-refractivity contribution in [2.75, 3.05) is 5.32 Å². The van der Waals surface area contributed by atoms with Crippen LogP contribution in [0.3, 0.4) is 0 Å². The Bertz CT molecular complexity index is 1290. The number of hydrogen-bond donors (Lipinski definition) is 1. The van der Waals surface area contributed by atoms with E-state index in [1.807, 2.05) is 48.1 Å². The number of carbonyl (C=O) groups is 2. The van der Waals surface area contributed by atoms with Crippen LogP contribution in [0.4, 0.5) is 5.69 Å². The molecule has 1 aliphatic carbocycles. The fraction of sp³-hybridized carbons (Fsp3) is 0.167. The minimum atomic E-state index is -0.834. The zero-order valence-corrected chi connectivity index (χ0v) is 16.9. The maximum atomic E-state index is 12.2. The molecule has 1 N–H and O–H groups in total. The number of benzene rings is 2. The largest absolute Gasteiger partial charge is 0.457 e. The molecule has 1 fully saturated rings. The highest BCUT2D eigenvalue weighted by Gasteiger charge is 2.50. The third-order valence-electron chi connectivity index (χ3n) is 5.48. The molecule has 5 rings (SSSR count). The van der Waals surface area contributed by atoms with E-state index in [-0.39, 0.29) is 5.91 Å². The molecule has 0 aliphatic heterocycles. The zero-order chi connectivity index (χ0) is 21.4. The second kappa shape index (κ2) is 7.36. The summed E-state index contributed by atoms with van der Waals surface area (Å²) in [4.78, 5) is 27.8. The molecule has 1 amide bonds. The van der Waals surface area contributed by atoms with Crippen molar-refractivity contribution in [1.29, 1.82) is 0 Å². The number of aldehydes is 1. The molecule has 2 aromatic carbocycles. The Kier molecular flexibility index (Phi) is 4.51. The van der Waals surface area contributed by atoms with Gasteiger partial charge in [-0.15, -0.1) is 0 Å². The molecule has 2 heterocycles. The maximum absolute atomic E-state index is 12.2. The molecule has 0 atom stereocenters. The highest BCUT2D eigenvalue weighted by molar-refractivity contribution is 6.07. The van der Waals surface area contributed by atoms with Crippen molar-refractivity contribution >= 4 is 28.8 Å². The van der Waals surface area contributed by atoms with Gasteiger partial charge in [0.2, 0.25) is 5.91 Å². The average molecular weight is 412 g/mol. The predicted octanol–water partition coefficient (Wildman–Crippen LogP) is 4.44. The molecule has 0 saturated heterocycles. The highest BCUT2D eigenvalue weighted by Crippen LogP contribution is 2.44. The lowest BCUT2D eigenvalue weighted by Gasteiger charge is -2.12. The quantitative estimate of drug-likeness (QED) is 0.374. The lowest BCUT2D eigenvalue weighted by molar-refractivity contribution is -0.126. The van der Waals surface area contributed by atoms with E-state index in [4.69, 9.17) is 4.74 Å². The van der Waals surface area contributed by atoms with Gasteiger partial charge in [-0.25, -0.2) is 4.68 Å². The van der Waals surface area contributed by atoms with Crippen molar-refractivity contribution < 1.29 is 14.3 Å². The minimum Gasteiger partial charge on any atom is -0.457 e. The van der Waals surface area contributed by atoms with E-state index in [0.29, 0.717) is 30.0 Å². The Labute approximate surface area is 178 Å². The van der Waals surface area contributed by atoms with Crippen molar-refractivity contribution in [3.05, 3.63) is 72.7 Å². The van der Waals surface area contributed by atoms with Crippen molar-refractivity contribution in [3.63, 3.8) is 0 Å². The number of rotatable bonds is 6. The number of anilines is 1. The molecule has 2 aromatic heterocycles. The van der Waals surface area contributed by atoms with Gasteiger partial charge in [0, 0.05) is 23.5 Å². The fourth-order valence-electron chi connectivity index (χ4n) is 3.42. The summed E-state index contributed by atoms with van der Waals surface area (Å²) in [5.41, 5.74) is 2.47. The highest BCUT2D eigenvalue weighted by atomic mass is 16.5. The van der Waals surface area contributed by atoms with Gasteiger partial charge in [-0.2, -0.15) is 5.10 Å². The molecule has 0 unspecified atom stereocenters. The molecule has 7 nitrogen and oxygen atoms in total.